The van der Waals surface area contributed by atoms with E-state index in [0.717, 1.165) is 24.9 Å². The second-order valence-electron chi connectivity index (χ2n) is 7.52. The van der Waals surface area contributed by atoms with Crippen LogP contribution in [0.4, 0.5) is 4.79 Å². The topological polar surface area (TPSA) is 98.7 Å². The number of likely N-dealkylation sites (tertiary alicyclic amines) is 1. The summed E-state index contributed by atoms with van der Waals surface area (Å²) in [4.78, 5) is 37.1. The van der Waals surface area contributed by atoms with Crippen molar-refractivity contribution in [3.8, 4) is 0 Å². The van der Waals surface area contributed by atoms with E-state index in [9.17, 15) is 14.4 Å². The van der Waals surface area contributed by atoms with Gasteiger partial charge in [0.1, 0.15) is 0 Å². The first kappa shape index (κ1) is 19.2. The summed E-state index contributed by atoms with van der Waals surface area (Å²) in [5.74, 6) is -0.538. The molecule has 0 radical (unpaired) electrons. The van der Waals surface area contributed by atoms with Crippen LogP contribution in [-0.2, 0) is 16.0 Å². The van der Waals surface area contributed by atoms with Gasteiger partial charge in [0.05, 0.1) is 0 Å². The molecule has 7 nitrogen and oxygen atoms in total. The Labute approximate surface area is 159 Å². The Morgan fingerprint density at radius 2 is 1.96 bits per heavy atom. The van der Waals surface area contributed by atoms with E-state index in [1.165, 1.54) is 0 Å². The first-order chi connectivity index (χ1) is 13.0. The van der Waals surface area contributed by atoms with Crippen LogP contribution in [0.25, 0.3) is 0 Å². The number of hydrogen-bond donors (Lipinski definition) is 3. The molecule has 1 heterocycles. The Balaban J connectivity index is 1.46. The van der Waals surface area contributed by atoms with Crippen LogP contribution in [-0.4, -0.2) is 53.1 Å². The van der Waals surface area contributed by atoms with Gasteiger partial charge in [-0.2, -0.15) is 0 Å². The zero-order valence-corrected chi connectivity index (χ0v) is 15.4. The van der Waals surface area contributed by atoms with Gasteiger partial charge in [-0.25, -0.2) is 4.79 Å². The van der Waals surface area contributed by atoms with Crippen molar-refractivity contribution in [3.05, 3.63) is 35.9 Å². The Morgan fingerprint density at radius 3 is 2.63 bits per heavy atom. The van der Waals surface area contributed by atoms with Crippen LogP contribution in [0.2, 0.25) is 0 Å². The lowest BCUT2D eigenvalue weighted by atomic mass is 10.0. The Hall–Kier alpha value is -2.57. The van der Waals surface area contributed by atoms with Crippen molar-refractivity contribution in [2.75, 3.05) is 13.1 Å². The molecule has 1 aliphatic heterocycles. The lowest BCUT2D eigenvalue weighted by Crippen LogP contribution is -2.45. The van der Waals surface area contributed by atoms with Gasteiger partial charge in [-0.3, -0.25) is 9.59 Å². The van der Waals surface area contributed by atoms with Gasteiger partial charge in [0, 0.05) is 43.9 Å². The molecule has 1 aromatic rings. The summed E-state index contributed by atoms with van der Waals surface area (Å²) in [7, 11) is 0. The fourth-order valence-electron chi connectivity index (χ4n) is 3.58. The zero-order valence-electron chi connectivity index (χ0n) is 15.4. The molecule has 3 amide bonds. The number of rotatable bonds is 9. The Morgan fingerprint density at radius 1 is 1.22 bits per heavy atom. The van der Waals surface area contributed by atoms with Crippen LogP contribution in [0.5, 0.6) is 0 Å². The second kappa shape index (κ2) is 8.88. The number of carbonyl (C=O) groups is 3. The summed E-state index contributed by atoms with van der Waals surface area (Å²) in [5, 5.41) is 14.7. The molecule has 7 heteroatoms. The number of carboxylic acid groups (broad SMARTS) is 1. The van der Waals surface area contributed by atoms with Crippen LogP contribution in [0.1, 0.15) is 37.7 Å². The third-order valence-electron chi connectivity index (χ3n) is 5.14. The van der Waals surface area contributed by atoms with Gasteiger partial charge in [0.15, 0.2) is 0 Å². The van der Waals surface area contributed by atoms with Crippen molar-refractivity contribution >= 4 is 17.9 Å². The molecule has 0 bridgehead atoms. The maximum Gasteiger partial charge on any atom is 0.315 e. The molecular weight excluding hydrogens is 346 g/mol. The summed E-state index contributed by atoms with van der Waals surface area (Å²) in [6, 6.07) is 9.55. The van der Waals surface area contributed by atoms with E-state index in [0.29, 0.717) is 31.8 Å². The first-order valence-electron chi connectivity index (χ1n) is 9.61. The standard InChI is InChI=1S/C20H27N3O4/c24-18-11-15(13-23(18)17-7-8-17)12-21-20(27)22-16(6-9-19(25)26)10-14-4-2-1-3-5-14/h1-5,15-17H,6-13H2,(H,25,26)(H2,21,22,27). The molecule has 1 aromatic carbocycles. The highest BCUT2D eigenvalue weighted by atomic mass is 16.4. The predicted octanol–water partition coefficient (Wildman–Crippen LogP) is 1.77. The molecule has 146 valence electrons. The van der Waals surface area contributed by atoms with Crippen molar-refractivity contribution < 1.29 is 19.5 Å². The summed E-state index contributed by atoms with van der Waals surface area (Å²) < 4.78 is 0. The molecule has 0 spiro atoms. The van der Waals surface area contributed by atoms with Gasteiger partial charge in [-0.05, 0) is 31.2 Å². The molecule has 1 saturated heterocycles. The van der Waals surface area contributed by atoms with Gasteiger partial charge >= 0.3 is 12.0 Å². The molecule has 3 N–H and O–H groups in total. The van der Waals surface area contributed by atoms with Gasteiger partial charge in [-0.15, -0.1) is 0 Å². The van der Waals surface area contributed by atoms with Crippen LogP contribution >= 0.6 is 0 Å². The number of urea groups is 1. The minimum Gasteiger partial charge on any atom is -0.481 e. The zero-order chi connectivity index (χ0) is 19.2. The number of hydrogen-bond acceptors (Lipinski definition) is 3. The normalized spacial score (nSPS) is 20.4. The number of nitrogens with zero attached hydrogens (tertiary/aromatic N) is 1. The highest BCUT2D eigenvalue weighted by molar-refractivity contribution is 5.79. The molecule has 2 atom stereocenters. The smallest absolute Gasteiger partial charge is 0.315 e. The summed E-state index contributed by atoms with van der Waals surface area (Å²) in [5.41, 5.74) is 1.05. The molecule has 1 aliphatic carbocycles. The number of benzene rings is 1. The number of carbonyl (C=O) groups excluding carboxylic acids is 2. The van der Waals surface area contributed by atoms with Crippen molar-refractivity contribution in [1.29, 1.82) is 0 Å². The Kier molecular flexibility index (Phi) is 6.32. The highest BCUT2D eigenvalue weighted by Gasteiger charge is 2.39. The summed E-state index contributed by atoms with van der Waals surface area (Å²) in [6.45, 7) is 1.17. The monoisotopic (exact) mass is 373 g/mol. The SMILES string of the molecule is O=C(O)CCC(Cc1ccccc1)NC(=O)NCC1CC(=O)N(C2CC2)C1. The van der Waals surface area contributed by atoms with Crippen LogP contribution in [0, 0.1) is 5.92 Å². The summed E-state index contributed by atoms with van der Waals surface area (Å²) in [6.07, 6.45) is 3.64. The number of amides is 3. The largest absolute Gasteiger partial charge is 0.481 e. The van der Waals surface area contributed by atoms with Crippen molar-refractivity contribution in [2.45, 2.75) is 50.6 Å². The molecule has 2 unspecified atom stereocenters. The highest BCUT2D eigenvalue weighted by Crippen LogP contribution is 2.32. The lowest BCUT2D eigenvalue weighted by Gasteiger charge is -2.20. The third kappa shape index (κ3) is 5.98. The van der Waals surface area contributed by atoms with E-state index < -0.39 is 5.97 Å². The molecule has 1 saturated carbocycles. The third-order valence-corrected chi connectivity index (χ3v) is 5.14. The van der Waals surface area contributed by atoms with Crippen molar-refractivity contribution in [1.82, 2.24) is 15.5 Å². The van der Waals surface area contributed by atoms with E-state index in [1.807, 2.05) is 35.2 Å². The average Bonchev–Trinajstić information content (AvgIpc) is 3.41. The fourth-order valence-corrected chi connectivity index (χ4v) is 3.58. The van der Waals surface area contributed by atoms with Crippen LogP contribution in [0.15, 0.2) is 30.3 Å². The first-order valence-corrected chi connectivity index (χ1v) is 9.61. The van der Waals surface area contributed by atoms with Crippen molar-refractivity contribution in [3.63, 3.8) is 0 Å². The summed E-state index contributed by atoms with van der Waals surface area (Å²) >= 11 is 0. The average molecular weight is 373 g/mol. The fraction of sp³-hybridized carbons (Fsp3) is 0.550. The predicted molar refractivity (Wildman–Crippen MR) is 100 cm³/mol. The van der Waals surface area contributed by atoms with Crippen molar-refractivity contribution in [2.24, 2.45) is 5.92 Å². The van der Waals surface area contributed by atoms with Gasteiger partial charge in [-0.1, -0.05) is 30.3 Å². The number of carboxylic acids is 1. The van der Waals surface area contributed by atoms with E-state index >= 15 is 0 Å². The molecule has 3 rings (SSSR count). The molecule has 2 fully saturated rings. The van der Waals surface area contributed by atoms with E-state index in [2.05, 4.69) is 10.6 Å². The Bertz CT molecular complexity index is 675. The molecule has 27 heavy (non-hydrogen) atoms. The van der Waals surface area contributed by atoms with E-state index in [4.69, 9.17) is 5.11 Å². The number of aliphatic carboxylic acids is 1. The maximum atomic E-state index is 12.3. The minimum absolute atomic E-state index is 0.00521. The lowest BCUT2D eigenvalue weighted by molar-refractivity contribution is -0.137. The second-order valence-corrected chi connectivity index (χ2v) is 7.52. The van der Waals surface area contributed by atoms with Gasteiger partial charge in [0.25, 0.3) is 0 Å². The van der Waals surface area contributed by atoms with Crippen LogP contribution in [0.3, 0.4) is 0 Å². The van der Waals surface area contributed by atoms with E-state index in [-0.39, 0.29) is 30.3 Å². The van der Waals surface area contributed by atoms with Gasteiger partial charge in [0.2, 0.25) is 5.91 Å². The van der Waals surface area contributed by atoms with E-state index in [1.54, 1.807) is 0 Å². The van der Waals surface area contributed by atoms with Gasteiger partial charge < -0.3 is 20.6 Å². The quantitative estimate of drug-likeness (QED) is 0.614. The maximum absolute atomic E-state index is 12.3. The molecule has 2 aliphatic rings. The molecular formula is C20H27N3O4. The molecule has 0 aromatic heterocycles. The number of nitrogens with one attached hydrogen (secondary N) is 2. The minimum atomic E-state index is -0.875. The van der Waals surface area contributed by atoms with Crippen LogP contribution < -0.4 is 10.6 Å².